The number of thioether (sulfide) groups is 1. The molecule has 0 aliphatic carbocycles. The van der Waals surface area contributed by atoms with E-state index >= 15 is 0 Å². The van der Waals surface area contributed by atoms with Crippen LogP contribution in [0.25, 0.3) is 11.0 Å². The highest BCUT2D eigenvalue weighted by molar-refractivity contribution is 8.00. The molecule has 3 aromatic rings. The van der Waals surface area contributed by atoms with E-state index < -0.39 is 11.9 Å². The second-order valence-electron chi connectivity index (χ2n) is 10.8. The Morgan fingerprint density at radius 2 is 2.05 bits per heavy atom. The van der Waals surface area contributed by atoms with Crippen molar-refractivity contribution in [3.05, 3.63) is 52.8 Å². The summed E-state index contributed by atoms with van der Waals surface area (Å²) in [5.41, 5.74) is 2.68. The van der Waals surface area contributed by atoms with Crippen molar-refractivity contribution in [2.75, 3.05) is 13.2 Å². The summed E-state index contributed by atoms with van der Waals surface area (Å²) in [6.07, 6.45) is 2.23. The smallest absolute Gasteiger partial charge is 0.303 e. The van der Waals surface area contributed by atoms with E-state index in [9.17, 15) is 18.7 Å². The number of carboxylic acid groups (broad SMARTS) is 1. The molecule has 0 bridgehead atoms. The van der Waals surface area contributed by atoms with E-state index in [2.05, 4.69) is 30.7 Å². The molecule has 1 aromatic carbocycles. The number of fused-ring (bicyclic) bond motifs is 1. The molecular formula is C28H34ClF2N3O3S. The second kappa shape index (κ2) is 11.4. The summed E-state index contributed by atoms with van der Waals surface area (Å²) in [6, 6.07) is 9.02. The van der Waals surface area contributed by atoms with E-state index in [1.54, 1.807) is 18.0 Å². The van der Waals surface area contributed by atoms with Crippen LogP contribution in [0.5, 0.6) is 5.75 Å². The van der Waals surface area contributed by atoms with Crippen molar-refractivity contribution < 1.29 is 23.4 Å². The number of alkyl halides is 2. The average Bonchev–Trinajstić information content (AvgIpc) is 3.09. The van der Waals surface area contributed by atoms with Gasteiger partial charge >= 0.3 is 5.97 Å². The van der Waals surface area contributed by atoms with E-state index in [1.165, 1.54) is 0 Å². The van der Waals surface area contributed by atoms with Gasteiger partial charge in [-0.05, 0) is 43.5 Å². The van der Waals surface area contributed by atoms with Crippen molar-refractivity contribution >= 4 is 40.4 Å². The Bertz CT molecular complexity index is 1280. The minimum atomic E-state index is -2.67. The van der Waals surface area contributed by atoms with Gasteiger partial charge in [-0.2, -0.15) is 0 Å². The van der Waals surface area contributed by atoms with Gasteiger partial charge < -0.3 is 19.7 Å². The van der Waals surface area contributed by atoms with Gasteiger partial charge in [0.25, 0.3) is 5.92 Å². The van der Waals surface area contributed by atoms with Gasteiger partial charge in [-0.25, -0.2) is 13.8 Å². The lowest BCUT2D eigenvalue weighted by Crippen LogP contribution is -2.47. The predicted octanol–water partition coefficient (Wildman–Crippen LogP) is 7.11. The molecule has 0 radical (unpaired) electrons. The summed E-state index contributed by atoms with van der Waals surface area (Å²) in [4.78, 5) is 17.4. The number of hydrogen-bond acceptors (Lipinski definition) is 5. The normalized spacial score (nSPS) is 18.4. The van der Waals surface area contributed by atoms with Gasteiger partial charge in [-0.15, -0.1) is 11.8 Å². The van der Waals surface area contributed by atoms with Crippen LogP contribution < -0.4 is 10.1 Å². The quantitative estimate of drug-likeness (QED) is 0.269. The van der Waals surface area contributed by atoms with Crippen LogP contribution in [0.2, 0.25) is 5.02 Å². The second-order valence-corrected chi connectivity index (χ2v) is 13.1. The topological polar surface area (TPSA) is 76.4 Å². The summed E-state index contributed by atoms with van der Waals surface area (Å²) in [7, 11) is 0. The molecule has 38 heavy (non-hydrogen) atoms. The zero-order chi connectivity index (χ0) is 27.7. The largest absolute Gasteiger partial charge is 0.490 e. The Morgan fingerprint density at radius 1 is 1.34 bits per heavy atom. The number of aromatic nitrogens is 2. The summed E-state index contributed by atoms with van der Waals surface area (Å²) in [6.45, 7) is 8.39. The summed E-state index contributed by atoms with van der Waals surface area (Å²) in [5, 5.41) is 13.9. The van der Waals surface area contributed by atoms with Gasteiger partial charge in [-0.3, -0.25) is 4.79 Å². The van der Waals surface area contributed by atoms with Crippen LogP contribution >= 0.6 is 23.4 Å². The maximum absolute atomic E-state index is 13.5. The molecule has 0 amide bonds. The lowest BCUT2D eigenvalue weighted by atomic mass is 10.0. The molecule has 4 rings (SSSR count). The Balaban J connectivity index is 1.72. The van der Waals surface area contributed by atoms with Crippen molar-refractivity contribution in [3.8, 4) is 5.75 Å². The molecular weight excluding hydrogens is 532 g/mol. The van der Waals surface area contributed by atoms with Gasteiger partial charge in [0.1, 0.15) is 18.0 Å². The third-order valence-corrected chi connectivity index (χ3v) is 8.15. The first-order valence-corrected chi connectivity index (χ1v) is 13.9. The third kappa shape index (κ3) is 6.98. The molecule has 3 heterocycles. The van der Waals surface area contributed by atoms with Gasteiger partial charge in [0.15, 0.2) is 0 Å². The molecule has 2 aromatic heterocycles. The zero-order valence-corrected chi connectivity index (χ0v) is 23.6. The molecule has 0 spiro atoms. The van der Waals surface area contributed by atoms with Crippen LogP contribution in [0.1, 0.15) is 63.8 Å². The number of halogens is 3. The summed E-state index contributed by atoms with van der Waals surface area (Å²) >= 11 is 7.86. The highest BCUT2D eigenvalue weighted by atomic mass is 35.5. The minimum Gasteiger partial charge on any atom is -0.490 e. The number of pyridine rings is 1. The molecule has 206 valence electrons. The highest BCUT2D eigenvalue weighted by Gasteiger charge is 2.35. The lowest BCUT2D eigenvalue weighted by Gasteiger charge is -2.29. The molecule has 6 nitrogen and oxygen atoms in total. The van der Waals surface area contributed by atoms with E-state index in [4.69, 9.17) is 21.3 Å². The Kier molecular flexibility index (Phi) is 8.59. The van der Waals surface area contributed by atoms with Gasteiger partial charge in [0.2, 0.25) is 0 Å². The number of aliphatic carboxylic acids is 1. The van der Waals surface area contributed by atoms with Crippen LogP contribution in [-0.2, 0) is 4.79 Å². The molecule has 1 fully saturated rings. The van der Waals surface area contributed by atoms with E-state index in [0.29, 0.717) is 23.6 Å². The first-order chi connectivity index (χ1) is 17.8. The van der Waals surface area contributed by atoms with Gasteiger partial charge in [-0.1, -0.05) is 44.5 Å². The summed E-state index contributed by atoms with van der Waals surface area (Å²) < 4.78 is 35.0. The SMILES string of the molecule is Cc1c(SC(C)(C)C)c2cc(OCC3CCC(F)(F)CN3)cnc2n1C(CCC(=O)O)c1ccc(Cl)cc1. The number of nitrogens with zero attached hydrogens (tertiary/aromatic N) is 2. The van der Waals surface area contributed by atoms with Crippen LogP contribution in [0.4, 0.5) is 8.78 Å². The van der Waals surface area contributed by atoms with Crippen molar-refractivity contribution in [3.63, 3.8) is 0 Å². The molecule has 2 atom stereocenters. The van der Waals surface area contributed by atoms with Crippen molar-refractivity contribution in [2.45, 2.75) is 81.0 Å². The first-order valence-electron chi connectivity index (χ1n) is 12.7. The molecule has 1 aliphatic rings. The van der Waals surface area contributed by atoms with E-state index in [-0.39, 0.29) is 42.8 Å². The number of carbonyl (C=O) groups is 1. The number of nitrogens with one attached hydrogen (secondary N) is 1. The minimum absolute atomic E-state index is 0.00276. The predicted molar refractivity (Wildman–Crippen MR) is 148 cm³/mol. The lowest BCUT2D eigenvalue weighted by molar-refractivity contribution is -0.137. The maximum Gasteiger partial charge on any atom is 0.303 e. The first kappa shape index (κ1) is 28.6. The molecule has 2 N–H and O–H groups in total. The summed E-state index contributed by atoms with van der Waals surface area (Å²) in [5.74, 6) is -2.96. The molecule has 0 saturated carbocycles. The van der Waals surface area contributed by atoms with Crippen molar-refractivity contribution in [2.24, 2.45) is 0 Å². The van der Waals surface area contributed by atoms with E-state index in [0.717, 1.165) is 27.2 Å². The van der Waals surface area contributed by atoms with Crippen molar-refractivity contribution in [1.82, 2.24) is 14.9 Å². The Morgan fingerprint density at radius 3 is 2.66 bits per heavy atom. The van der Waals surface area contributed by atoms with Crippen LogP contribution in [0.15, 0.2) is 41.4 Å². The standard InChI is InChI=1S/C28H34ClF2N3O3S/c1-17-25(38-27(2,3)4)22-13-21(37-15-20-11-12-28(30,31)16-33-20)14-32-26(22)34(17)23(9-10-24(35)36)18-5-7-19(29)8-6-18/h5-8,13-14,20,23,33H,9-12,15-16H2,1-4H3,(H,35,36). The zero-order valence-electron chi connectivity index (χ0n) is 22.1. The highest BCUT2D eigenvalue weighted by Crippen LogP contribution is 2.43. The molecule has 1 saturated heterocycles. The fourth-order valence-corrected chi connectivity index (χ4v) is 6.00. The fraction of sp³-hybridized carbons (Fsp3) is 0.500. The molecule has 2 unspecified atom stereocenters. The van der Waals surface area contributed by atoms with E-state index in [1.807, 2.05) is 37.3 Å². The van der Waals surface area contributed by atoms with Crippen LogP contribution in [0.3, 0.4) is 0 Å². The third-order valence-electron chi connectivity index (χ3n) is 6.57. The Hall–Kier alpha value is -2.36. The van der Waals surface area contributed by atoms with Gasteiger partial charge in [0, 0.05) is 44.6 Å². The number of hydrogen-bond donors (Lipinski definition) is 2. The van der Waals surface area contributed by atoms with Crippen molar-refractivity contribution in [1.29, 1.82) is 0 Å². The van der Waals surface area contributed by atoms with Crippen LogP contribution in [-0.4, -0.2) is 50.5 Å². The number of piperidine rings is 1. The number of carboxylic acids is 1. The average molecular weight is 566 g/mol. The number of ether oxygens (including phenoxy) is 1. The van der Waals surface area contributed by atoms with Crippen LogP contribution in [0, 0.1) is 6.92 Å². The maximum atomic E-state index is 13.5. The fourth-order valence-electron chi connectivity index (χ4n) is 4.75. The number of rotatable bonds is 9. The Labute approximate surface area is 231 Å². The molecule has 1 aliphatic heterocycles. The number of benzene rings is 1. The van der Waals surface area contributed by atoms with Gasteiger partial charge in [0.05, 0.1) is 18.8 Å². The molecule has 10 heteroatoms. The monoisotopic (exact) mass is 565 g/mol.